The van der Waals surface area contributed by atoms with Crippen molar-refractivity contribution in [1.29, 1.82) is 5.26 Å². The van der Waals surface area contributed by atoms with E-state index < -0.39 is 29.7 Å². The molecule has 0 aliphatic carbocycles. The first kappa shape index (κ1) is 24.9. The van der Waals surface area contributed by atoms with Gasteiger partial charge in [0, 0.05) is 9.90 Å². The average Bonchev–Trinajstić information content (AvgIpc) is 3.42. The van der Waals surface area contributed by atoms with Gasteiger partial charge in [0.15, 0.2) is 5.78 Å². The molecule has 1 amide bonds. The molecule has 4 rings (SSSR count). The normalized spacial score (nSPS) is 14.5. The minimum Gasteiger partial charge on any atom is -0.494 e. The lowest BCUT2D eigenvalue weighted by molar-refractivity contribution is -0.121. The Morgan fingerprint density at radius 3 is 2.66 bits per heavy atom. The van der Waals surface area contributed by atoms with Crippen molar-refractivity contribution in [2.45, 2.75) is 13.5 Å². The Morgan fingerprint density at radius 2 is 2.00 bits per heavy atom. The van der Waals surface area contributed by atoms with Crippen molar-refractivity contribution < 1.29 is 14.7 Å². The molecule has 35 heavy (non-hydrogen) atoms. The van der Waals surface area contributed by atoms with E-state index in [4.69, 9.17) is 23.8 Å². The topological polar surface area (TPSA) is 103 Å². The Kier molecular flexibility index (Phi) is 7.23. The summed E-state index contributed by atoms with van der Waals surface area (Å²) in [7, 11) is 0. The van der Waals surface area contributed by atoms with Crippen LogP contribution in [0, 0.1) is 18.3 Å². The largest absolute Gasteiger partial charge is 0.494 e. The smallest absolute Gasteiger partial charge is 0.271 e. The molecular formula is C24H16ClN3O4S3. The minimum atomic E-state index is -0.747. The average molecular weight is 542 g/mol. The van der Waals surface area contributed by atoms with Crippen LogP contribution in [0.5, 0.6) is 5.88 Å². The monoisotopic (exact) mass is 541 g/mol. The molecule has 7 nitrogen and oxygen atoms in total. The molecule has 1 aliphatic heterocycles. The van der Waals surface area contributed by atoms with Gasteiger partial charge in [-0.15, -0.1) is 11.3 Å². The second-order valence-corrected chi connectivity index (χ2v) is 10.6. The highest BCUT2D eigenvalue weighted by Gasteiger charge is 2.35. The lowest BCUT2D eigenvalue weighted by Gasteiger charge is -2.18. The summed E-state index contributed by atoms with van der Waals surface area (Å²) < 4.78 is 1.13. The molecule has 0 atom stereocenters. The van der Waals surface area contributed by atoms with Gasteiger partial charge in [0.05, 0.1) is 23.6 Å². The number of ketones is 1. The van der Waals surface area contributed by atoms with Crippen molar-refractivity contribution in [3.05, 3.63) is 89.2 Å². The zero-order valence-electron chi connectivity index (χ0n) is 18.1. The van der Waals surface area contributed by atoms with E-state index in [1.54, 1.807) is 30.3 Å². The van der Waals surface area contributed by atoms with E-state index in [-0.39, 0.29) is 27.6 Å². The molecular weight excluding hydrogens is 526 g/mol. The zero-order valence-corrected chi connectivity index (χ0v) is 21.4. The number of carbonyl (C=O) groups excluding carboxylic acids is 2. The summed E-state index contributed by atoms with van der Waals surface area (Å²) in [4.78, 5) is 41.5. The molecule has 0 bridgehead atoms. The number of benzene rings is 1. The maximum atomic E-state index is 13.3. The van der Waals surface area contributed by atoms with E-state index in [2.05, 4.69) is 0 Å². The third kappa shape index (κ3) is 4.81. The molecule has 3 aromatic rings. The number of aromatic nitrogens is 1. The number of amides is 1. The van der Waals surface area contributed by atoms with Crippen molar-refractivity contribution in [2.75, 3.05) is 6.54 Å². The summed E-state index contributed by atoms with van der Waals surface area (Å²) in [6, 6.07) is 12.3. The molecule has 2 aromatic heterocycles. The van der Waals surface area contributed by atoms with E-state index in [9.17, 15) is 24.8 Å². The van der Waals surface area contributed by atoms with Crippen molar-refractivity contribution in [2.24, 2.45) is 0 Å². The maximum absolute atomic E-state index is 13.3. The molecule has 0 unspecified atom stereocenters. The molecule has 1 saturated heterocycles. The van der Waals surface area contributed by atoms with Gasteiger partial charge in [-0.3, -0.25) is 23.9 Å². The van der Waals surface area contributed by atoms with Gasteiger partial charge in [-0.1, -0.05) is 59.8 Å². The van der Waals surface area contributed by atoms with Gasteiger partial charge in [0.2, 0.25) is 5.88 Å². The molecule has 0 saturated carbocycles. The number of rotatable bonds is 6. The van der Waals surface area contributed by atoms with Crippen LogP contribution in [0.4, 0.5) is 0 Å². The van der Waals surface area contributed by atoms with Crippen molar-refractivity contribution >= 4 is 69.0 Å². The lowest BCUT2D eigenvalue weighted by atomic mass is 10.0. The summed E-state index contributed by atoms with van der Waals surface area (Å²) in [6.45, 7) is 0.813. The number of thioether (sulfide) groups is 1. The highest BCUT2D eigenvalue weighted by molar-refractivity contribution is 8.26. The molecule has 1 fully saturated rings. The second kappa shape index (κ2) is 10.2. The predicted octanol–water partition coefficient (Wildman–Crippen LogP) is 4.58. The molecule has 1 aliphatic rings. The number of hydrogen-bond donors (Lipinski definition) is 1. The fourth-order valence-corrected chi connectivity index (χ4v) is 5.76. The third-order valence-electron chi connectivity index (χ3n) is 5.36. The fraction of sp³-hybridized carbons (Fsp3) is 0.125. The van der Waals surface area contributed by atoms with Gasteiger partial charge in [-0.2, -0.15) is 5.26 Å². The van der Waals surface area contributed by atoms with Gasteiger partial charge in [-0.05, 0) is 41.6 Å². The summed E-state index contributed by atoms with van der Waals surface area (Å²) in [5, 5.41) is 22.8. The fourth-order valence-electron chi connectivity index (χ4n) is 3.59. The minimum absolute atomic E-state index is 0.0370. The number of hydrogen-bond acceptors (Lipinski definition) is 8. The highest BCUT2D eigenvalue weighted by Crippen LogP contribution is 2.34. The van der Waals surface area contributed by atoms with Gasteiger partial charge in [0.25, 0.3) is 11.5 Å². The molecule has 0 spiro atoms. The number of aromatic hydroxyl groups is 1. The molecule has 1 aromatic carbocycles. The van der Waals surface area contributed by atoms with Gasteiger partial charge in [0.1, 0.15) is 16.0 Å². The standard InChI is InChI=1S/C24H16ClN3O4S3/c1-13-16(10-26)21(30)27(11-14-5-2-3-7-17(14)25)23(32)20(13)18(29)12-28-22(31)19(35-24(28)33)9-15-6-4-8-34-15/h2-9,32H,11-12H2,1H3/b19-9-. The van der Waals surface area contributed by atoms with Crippen LogP contribution in [0.1, 0.15) is 31.9 Å². The van der Waals surface area contributed by atoms with E-state index in [1.807, 2.05) is 23.6 Å². The van der Waals surface area contributed by atoms with Crippen LogP contribution in [0.3, 0.4) is 0 Å². The number of carbonyl (C=O) groups is 2. The van der Waals surface area contributed by atoms with Crippen LogP contribution in [0.15, 0.2) is 51.5 Å². The van der Waals surface area contributed by atoms with Crippen molar-refractivity contribution in [3.63, 3.8) is 0 Å². The Labute approximate surface area is 218 Å². The number of pyridine rings is 1. The van der Waals surface area contributed by atoms with E-state index in [0.717, 1.165) is 26.1 Å². The van der Waals surface area contributed by atoms with Crippen LogP contribution in [-0.4, -0.2) is 37.1 Å². The lowest BCUT2D eigenvalue weighted by Crippen LogP contribution is -2.35. The summed E-state index contributed by atoms with van der Waals surface area (Å²) in [6.07, 6.45) is 1.70. The van der Waals surface area contributed by atoms with Crippen LogP contribution in [0.2, 0.25) is 5.02 Å². The van der Waals surface area contributed by atoms with Gasteiger partial charge < -0.3 is 5.11 Å². The number of thiocarbonyl (C=S) groups is 1. The van der Waals surface area contributed by atoms with Crippen LogP contribution in [0.25, 0.3) is 6.08 Å². The van der Waals surface area contributed by atoms with Crippen molar-refractivity contribution in [3.8, 4) is 11.9 Å². The summed E-state index contributed by atoms with van der Waals surface area (Å²) >= 11 is 14.1. The first-order valence-electron chi connectivity index (χ1n) is 10.1. The number of nitrogens with zero attached hydrogens (tertiary/aromatic N) is 3. The Morgan fingerprint density at radius 1 is 1.26 bits per heavy atom. The first-order chi connectivity index (χ1) is 16.7. The SMILES string of the molecule is Cc1c(C(=O)CN2C(=O)/C(=C/c3cccs3)SC2=S)c(O)n(Cc2ccccc2Cl)c(=O)c1C#N. The second-order valence-electron chi connectivity index (χ2n) is 7.50. The number of thiophene rings is 1. The predicted molar refractivity (Wildman–Crippen MR) is 141 cm³/mol. The van der Waals surface area contributed by atoms with Crippen LogP contribution in [-0.2, 0) is 11.3 Å². The number of nitriles is 1. The van der Waals surface area contributed by atoms with E-state index in [1.165, 1.54) is 18.3 Å². The van der Waals surface area contributed by atoms with Gasteiger partial charge in [-0.25, -0.2) is 0 Å². The Balaban J connectivity index is 1.70. The van der Waals surface area contributed by atoms with Crippen LogP contribution >= 0.6 is 46.9 Å². The molecule has 3 heterocycles. The third-order valence-corrected chi connectivity index (χ3v) is 7.92. The van der Waals surface area contributed by atoms with E-state index >= 15 is 0 Å². The number of Topliss-reactive ketones (excluding diaryl/α,β-unsaturated/α-hetero) is 1. The zero-order chi connectivity index (χ0) is 25.3. The molecule has 176 valence electrons. The Hall–Kier alpha value is -3.23. The molecule has 0 radical (unpaired) electrons. The molecule has 1 N–H and O–H groups in total. The van der Waals surface area contributed by atoms with E-state index in [0.29, 0.717) is 15.5 Å². The maximum Gasteiger partial charge on any atom is 0.271 e. The molecule has 11 heteroatoms. The first-order valence-corrected chi connectivity index (χ1v) is 12.6. The number of halogens is 1. The van der Waals surface area contributed by atoms with Crippen molar-refractivity contribution in [1.82, 2.24) is 9.47 Å². The Bertz CT molecular complexity index is 1500. The summed E-state index contributed by atoms with van der Waals surface area (Å²) in [5.41, 5.74) is -0.683. The highest BCUT2D eigenvalue weighted by atomic mass is 35.5. The quantitative estimate of drug-likeness (QED) is 0.277. The summed E-state index contributed by atoms with van der Waals surface area (Å²) in [5.74, 6) is -1.68. The van der Waals surface area contributed by atoms with Crippen LogP contribution < -0.4 is 5.56 Å². The van der Waals surface area contributed by atoms with Gasteiger partial charge >= 0.3 is 0 Å².